The number of carbonyl (C=O) groups is 1. The third-order valence-corrected chi connectivity index (χ3v) is 8.18. The van der Waals surface area contributed by atoms with Crippen LogP contribution in [0.2, 0.25) is 5.02 Å². The molecule has 0 saturated carbocycles. The van der Waals surface area contributed by atoms with E-state index in [2.05, 4.69) is 9.73 Å². The molecule has 174 valence electrons. The number of sulfonamides is 1. The van der Waals surface area contributed by atoms with Crippen molar-refractivity contribution in [2.45, 2.75) is 11.5 Å². The fourth-order valence-corrected chi connectivity index (χ4v) is 5.82. The predicted octanol–water partition coefficient (Wildman–Crippen LogP) is 3.92. The number of amidine groups is 1. The number of hydrogen-bond acceptors (Lipinski definition) is 6. The molecule has 7 nitrogen and oxygen atoms in total. The van der Waals surface area contributed by atoms with E-state index in [-0.39, 0.29) is 23.7 Å². The molecule has 33 heavy (non-hydrogen) atoms. The predicted molar refractivity (Wildman–Crippen MR) is 123 cm³/mol. The van der Waals surface area contributed by atoms with Crippen molar-refractivity contribution < 1.29 is 26.7 Å². The number of carbonyl (C=O) groups excluding carboxylic acids is 1. The first-order valence-electron chi connectivity index (χ1n) is 9.80. The summed E-state index contributed by atoms with van der Waals surface area (Å²) in [6, 6.07) is 11.9. The summed E-state index contributed by atoms with van der Waals surface area (Å²) in [5.74, 6) is -0.375. The number of amides is 1. The molecular formula is C21H18ClF2N3O4S2. The van der Waals surface area contributed by atoms with E-state index in [0.717, 1.165) is 0 Å². The van der Waals surface area contributed by atoms with Crippen LogP contribution in [-0.4, -0.2) is 61.5 Å². The van der Waals surface area contributed by atoms with Crippen molar-refractivity contribution in [1.29, 1.82) is 0 Å². The molecule has 1 amide bonds. The molecule has 0 atom stereocenters. The van der Waals surface area contributed by atoms with E-state index in [9.17, 15) is 22.0 Å². The zero-order valence-corrected chi connectivity index (χ0v) is 19.4. The topological polar surface area (TPSA) is 79.3 Å². The largest absolute Gasteiger partial charge is 0.435 e. The summed E-state index contributed by atoms with van der Waals surface area (Å²) in [5.41, 5.74) is 0.641. The van der Waals surface area contributed by atoms with Gasteiger partial charge in [-0.2, -0.15) is 18.1 Å². The van der Waals surface area contributed by atoms with Gasteiger partial charge in [-0.1, -0.05) is 23.7 Å². The number of piperazine rings is 1. The van der Waals surface area contributed by atoms with Crippen molar-refractivity contribution in [2.24, 2.45) is 4.99 Å². The molecule has 2 aliphatic rings. The van der Waals surface area contributed by atoms with E-state index < -0.39 is 22.5 Å². The lowest BCUT2D eigenvalue weighted by Crippen LogP contribution is -2.49. The molecule has 0 aromatic heterocycles. The molecule has 0 unspecified atom stereocenters. The highest BCUT2D eigenvalue weighted by molar-refractivity contribution is 8.18. The van der Waals surface area contributed by atoms with E-state index in [0.29, 0.717) is 33.7 Å². The highest BCUT2D eigenvalue weighted by atomic mass is 35.5. The van der Waals surface area contributed by atoms with Crippen LogP contribution in [0.5, 0.6) is 5.75 Å². The maximum atomic E-state index is 12.8. The van der Waals surface area contributed by atoms with Crippen LogP contribution in [-0.2, 0) is 14.8 Å². The van der Waals surface area contributed by atoms with Gasteiger partial charge in [0.15, 0.2) is 5.17 Å². The van der Waals surface area contributed by atoms with Crippen LogP contribution in [0, 0.1) is 0 Å². The van der Waals surface area contributed by atoms with Crippen molar-refractivity contribution in [3.05, 3.63) is 64.0 Å². The van der Waals surface area contributed by atoms with Gasteiger partial charge < -0.3 is 9.64 Å². The lowest BCUT2D eigenvalue weighted by Gasteiger charge is -2.34. The maximum absolute atomic E-state index is 12.8. The molecule has 0 N–H and O–H groups in total. The second-order valence-electron chi connectivity index (χ2n) is 7.10. The minimum Gasteiger partial charge on any atom is -0.435 e. The van der Waals surface area contributed by atoms with Gasteiger partial charge in [0, 0.05) is 31.2 Å². The molecular weight excluding hydrogens is 496 g/mol. The minimum atomic E-state index is -3.63. The highest BCUT2D eigenvalue weighted by Crippen LogP contribution is 2.31. The van der Waals surface area contributed by atoms with E-state index in [1.165, 1.54) is 52.5 Å². The second kappa shape index (κ2) is 9.80. The summed E-state index contributed by atoms with van der Waals surface area (Å²) in [6.45, 7) is -1.62. The van der Waals surface area contributed by atoms with Crippen molar-refractivity contribution in [2.75, 3.05) is 26.2 Å². The van der Waals surface area contributed by atoms with Gasteiger partial charge in [0.1, 0.15) is 5.75 Å². The van der Waals surface area contributed by atoms with Crippen LogP contribution in [0.3, 0.4) is 0 Å². The molecule has 1 saturated heterocycles. The molecule has 2 aromatic carbocycles. The Labute approximate surface area is 198 Å². The fraction of sp³-hybridized carbons (Fsp3) is 0.238. The third-order valence-electron chi connectivity index (χ3n) is 4.97. The Bertz CT molecular complexity index is 1200. The van der Waals surface area contributed by atoms with Crippen LogP contribution in [0.25, 0.3) is 6.08 Å². The van der Waals surface area contributed by atoms with Gasteiger partial charge in [0.25, 0.3) is 5.91 Å². The Morgan fingerprint density at radius 2 is 1.67 bits per heavy atom. The Balaban J connectivity index is 1.37. The molecule has 2 aliphatic heterocycles. The normalized spacial score (nSPS) is 18.8. The Morgan fingerprint density at radius 1 is 1.03 bits per heavy atom. The molecule has 0 spiro atoms. The summed E-state index contributed by atoms with van der Waals surface area (Å²) in [4.78, 5) is 18.9. The average Bonchev–Trinajstić information content (AvgIpc) is 3.15. The van der Waals surface area contributed by atoms with Crippen LogP contribution in [0.15, 0.2) is 63.3 Å². The molecule has 12 heteroatoms. The number of thioether (sulfide) groups is 1. The van der Waals surface area contributed by atoms with Gasteiger partial charge in [0.05, 0.1) is 9.80 Å². The van der Waals surface area contributed by atoms with Gasteiger partial charge in [-0.15, -0.1) is 0 Å². The summed E-state index contributed by atoms with van der Waals surface area (Å²) >= 11 is 7.04. The van der Waals surface area contributed by atoms with Crippen molar-refractivity contribution >= 4 is 50.5 Å². The number of alkyl halides is 2. The average molecular weight is 514 g/mol. The summed E-state index contributed by atoms with van der Waals surface area (Å²) in [7, 11) is -3.63. The van der Waals surface area contributed by atoms with Crippen molar-refractivity contribution in [3.8, 4) is 5.75 Å². The first kappa shape index (κ1) is 23.7. The lowest BCUT2D eigenvalue weighted by molar-refractivity contribution is -0.113. The van der Waals surface area contributed by atoms with Gasteiger partial charge in [0.2, 0.25) is 10.0 Å². The summed E-state index contributed by atoms with van der Waals surface area (Å²) in [5, 5.41) is 0.966. The highest BCUT2D eigenvalue weighted by Gasteiger charge is 2.32. The van der Waals surface area contributed by atoms with Gasteiger partial charge >= 0.3 is 6.61 Å². The van der Waals surface area contributed by atoms with Gasteiger partial charge in [-0.05, 0) is 59.8 Å². The quantitative estimate of drug-likeness (QED) is 0.564. The summed E-state index contributed by atoms with van der Waals surface area (Å²) in [6.07, 6.45) is 1.62. The van der Waals surface area contributed by atoms with Crippen molar-refractivity contribution in [1.82, 2.24) is 9.21 Å². The smallest absolute Gasteiger partial charge is 0.387 e. The monoisotopic (exact) mass is 513 g/mol. The number of benzene rings is 2. The van der Waals surface area contributed by atoms with Crippen LogP contribution < -0.4 is 4.74 Å². The first-order valence-corrected chi connectivity index (χ1v) is 12.4. The van der Waals surface area contributed by atoms with Crippen LogP contribution in [0.1, 0.15) is 5.56 Å². The molecule has 2 aromatic rings. The number of halogens is 3. The van der Waals surface area contributed by atoms with E-state index >= 15 is 0 Å². The fourth-order valence-electron chi connectivity index (χ4n) is 3.31. The standard InChI is InChI=1S/C21H18ClF2N3O4S2/c22-15-3-7-17(8-4-15)33(29,30)27-11-9-26(10-12-27)21-25-19(28)18(32-21)13-14-1-5-16(6-2-14)31-20(23)24/h1-8,13,20H,9-12H2. The second-order valence-corrected chi connectivity index (χ2v) is 10.5. The lowest BCUT2D eigenvalue weighted by atomic mass is 10.2. The molecule has 0 radical (unpaired) electrons. The Kier molecular flexibility index (Phi) is 7.03. The zero-order valence-electron chi connectivity index (χ0n) is 17.0. The number of aliphatic imine (C=N–C) groups is 1. The molecule has 0 aliphatic carbocycles. The first-order chi connectivity index (χ1) is 15.7. The minimum absolute atomic E-state index is 0.0286. The van der Waals surface area contributed by atoms with Gasteiger partial charge in [-0.25, -0.2) is 8.42 Å². The number of ether oxygens (including phenoxy) is 1. The third kappa shape index (κ3) is 5.55. The molecule has 2 heterocycles. The summed E-state index contributed by atoms with van der Waals surface area (Å²) < 4.78 is 55.9. The van der Waals surface area contributed by atoms with E-state index in [1.54, 1.807) is 18.2 Å². The number of rotatable bonds is 5. The maximum Gasteiger partial charge on any atom is 0.387 e. The van der Waals surface area contributed by atoms with Gasteiger partial charge in [-0.3, -0.25) is 4.79 Å². The molecule has 1 fully saturated rings. The van der Waals surface area contributed by atoms with E-state index in [1.807, 2.05) is 4.90 Å². The molecule has 0 bridgehead atoms. The Hall–Kier alpha value is -2.47. The SMILES string of the molecule is O=C1N=C(N2CCN(S(=O)(=O)c3ccc(Cl)cc3)CC2)SC1=Cc1ccc(OC(F)F)cc1. The zero-order chi connectivity index (χ0) is 23.6. The van der Waals surface area contributed by atoms with E-state index in [4.69, 9.17) is 11.6 Å². The molecule has 4 rings (SSSR count). The Morgan fingerprint density at radius 3 is 2.27 bits per heavy atom. The van der Waals surface area contributed by atoms with Crippen molar-refractivity contribution in [3.63, 3.8) is 0 Å². The van der Waals surface area contributed by atoms with Crippen LogP contribution >= 0.6 is 23.4 Å². The van der Waals surface area contributed by atoms with Crippen LogP contribution in [0.4, 0.5) is 8.78 Å². The number of nitrogens with zero attached hydrogens (tertiary/aromatic N) is 3. The number of hydrogen-bond donors (Lipinski definition) is 0.